The summed E-state index contributed by atoms with van der Waals surface area (Å²) in [4.78, 5) is 23.7. The molecule has 0 spiro atoms. The van der Waals surface area contributed by atoms with Crippen LogP contribution in [0.4, 0.5) is 5.88 Å². The van der Waals surface area contributed by atoms with Crippen LogP contribution in [-0.4, -0.2) is 30.2 Å². The van der Waals surface area contributed by atoms with E-state index in [1.165, 1.54) is 0 Å². The number of rotatable bonds is 6. The molecule has 1 aromatic heterocycles. The zero-order valence-electron chi connectivity index (χ0n) is 12.6. The second-order valence-electron chi connectivity index (χ2n) is 4.48. The smallest absolute Gasteiger partial charge is 0.345 e. The van der Waals surface area contributed by atoms with Crippen molar-refractivity contribution in [1.29, 1.82) is 0 Å². The van der Waals surface area contributed by atoms with Gasteiger partial charge in [0, 0.05) is 5.02 Å². The fourth-order valence-electron chi connectivity index (χ4n) is 1.74. The Kier molecular flexibility index (Phi) is 5.59. The number of hydrogen-bond acceptors (Lipinski definition) is 6. The van der Waals surface area contributed by atoms with Crippen LogP contribution < -0.4 is 10.1 Å². The summed E-state index contributed by atoms with van der Waals surface area (Å²) >= 11 is 5.76. The minimum Gasteiger partial charge on any atom is -0.484 e. The predicted octanol–water partition coefficient (Wildman–Crippen LogP) is 2.83. The van der Waals surface area contributed by atoms with Crippen molar-refractivity contribution in [3.63, 3.8) is 0 Å². The van der Waals surface area contributed by atoms with Crippen LogP contribution in [0.15, 0.2) is 28.8 Å². The van der Waals surface area contributed by atoms with E-state index in [0.717, 1.165) is 0 Å². The molecule has 2 rings (SSSR count). The van der Waals surface area contributed by atoms with Crippen LogP contribution in [0, 0.1) is 6.92 Å². The van der Waals surface area contributed by atoms with Gasteiger partial charge in [-0.1, -0.05) is 16.8 Å². The number of benzene rings is 1. The van der Waals surface area contributed by atoms with E-state index in [1.807, 2.05) is 0 Å². The summed E-state index contributed by atoms with van der Waals surface area (Å²) in [6, 6.07) is 6.57. The van der Waals surface area contributed by atoms with Crippen molar-refractivity contribution in [3.8, 4) is 5.75 Å². The van der Waals surface area contributed by atoms with Gasteiger partial charge in [0.1, 0.15) is 11.3 Å². The van der Waals surface area contributed by atoms with E-state index in [1.54, 1.807) is 38.1 Å². The fourth-order valence-corrected chi connectivity index (χ4v) is 1.87. The van der Waals surface area contributed by atoms with E-state index < -0.39 is 11.9 Å². The first kappa shape index (κ1) is 16.8. The van der Waals surface area contributed by atoms with E-state index in [9.17, 15) is 9.59 Å². The lowest BCUT2D eigenvalue weighted by Crippen LogP contribution is -2.21. The number of carbonyl (C=O) groups excluding carboxylic acids is 2. The number of esters is 1. The molecule has 122 valence electrons. The quantitative estimate of drug-likeness (QED) is 0.814. The molecule has 0 aliphatic rings. The minimum atomic E-state index is -0.611. The van der Waals surface area contributed by atoms with E-state index in [4.69, 9.17) is 25.6 Å². The molecule has 0 atom stereocenters. The number of ether oxygens (including phenoxy) is 2. The summed E-state index contributed by atoms with van der Waals surface area (Å²) in [6.45, 7) is 3.20. The number of anilines is 1. The van der Waals surface area contributed by atoms with Gasteiger partial charge in [0.15, 0.2) is 6.61 Å². The molecule has 0 bridgehead atoms. The highest BCUT2D eigenvalue weighted by Crippen LogP contribution is 2.20. The van der Waals surface area contributed by atoms with Gasteiger partial charge in [0.25, 0.3) is 5.91 Å². The third kappa shape index (κ3) is 4.46. The van der Waals surface area contributed by atoms with Gasteiger partial charge in [-0.3, -0.25) is 10.1 Å². The minimum absolute atomic E-state index is 0.0642. The molecule has 2 aromatic rings. The summed E-state index contributed by atoms with van der Waals surface area (Å²) in [7, 11) is 0. The molecule has 8 heteroatoms. The molecule has 1 N–H and O–H groups in total. The zero-order chi connectivity index (χ0) is 16.8. The molecular weight excluding hydrogens is 324 g/mol. The maximum Gasteiger partial charge on any atom is 0.345 e. The molecule has 7 nitrogen and oxygen atoms in total. The molecule has 1 amide bonds. The molecule has 1 aromatic carbocycles. The lowest BCUT2D eigenvalue weighted by molar-refractivity contribution is -0.118. The van der Waals surface area contributed by atoms with Gasteiger partial charge in [-0.15, -0.1) is 0 Å². The Morgan fingerprint density at radius 3 is 2.65 bits per heavy atom. The summed E-state index contributed by atoms with van der Waals surface area (Å²) in [6.07, 6.45) is 0. The van der Waals surface area contributed by atoms with Crippen LogP contribution in [-0.2, 0) is 9.53 Å². The summed E-state index contributed by atoms with van der Waals surface area (Å²) in [5, 5.41) is 6.65. The number of halogens is 1. The highest BCUT2D eigenvalue weighted by Gasteiger charge is 2.23. The van der Waals surface area contributed by atoms with E-state index in [2.05, 4.69) is 10.5 Å². The predicted molar refractivity (Wildman–Crippen MR) is 82.8 cm³/mol. The SMILES string of the molecule is CCOC(=O)c1c(C)noc1NC(=O)COc1ccc(Cl)cc1. The first-order valence-electron chi connectivity index (χ1n) is 6.83. The topological polar surface area (TPSA) is 90.7 Å². The van der Waals surface area contributed by atoms with Crippen molar-refractivity contribution in [1.82, 2.24) is 5.16 Å². The Morgan fingerprint density at radius 1 is 1.30 bits per heavy atom. The van der Waals surface area contributed by atoms with Crippen molar-refractivity contribution >= 4 is 29.4 Å². The molecule has 0 radical (unpaired) electrons. The molecule has 0 saturated carbocycles. The Balaban J connectivity index is 1.97. The van der Waals surface area contributed by atoms with Crippen LogP contribution in [0.2, 0.25) is 5.02 Å². The van der Waals surface area contributed by atoms with Crippen molar-refractivity contribution < 1.29 is 23.6 Å². The van der Waals surface area contributed by atoms with Gasteiger partial charge < -0.3 is 14.0 Å². The average molecular weight is 339 g/mol. The first-order chi connectivity index (χ1) is 11.0. The normalized spacial score (nSPS) is 10.2. The molecule has 0 aliphatic heterocycles. The number of carbonyl (C=O) groups is 2. The largest absolute Gasteiger partial charge is 0.484 e. The highest BCUT2D eigenvalue weighted by atomic mass is 35.5. The molecular formula is C15H15ClN2O5. The van der Waals surface area contributed by atoms with Gasteiger partial charge >= 0.3 is 5.97 Å². The number of hydrogen-bond donors (Lipinski definition) is 1. The first-order valence-corrected chi connectivity index (χ1v) is 7.20. The van der Waals surface area contributed by atoms with Gasteiger partial charge in [0.2, 0.25) is 5.88 Å². The van der Waals surface area contributed by atoms with Crippen molar-refractivity contribution in [2.75, 3.05) is 18.5 Å². The molecule has 0 saturated heterocycles. The van der Waals surface area contributed by atoms with Gasteiger partial charge in [-0.25, -0.2) is 4.79 Å². The van der Waals surface area contributed by atoms with Crippen LogP contribution in [0.3, 0.4) is 0 Å². The molecule has 0 fully saturated rings. The molecule has 0 aliphatic carbocycles. The fraction of sp³-hybridized carbons (Fsp3) is 0.267. The lowest BCUT2D eigenvalue weighted by Gasteiger charge is -2.07. The second-order valence-corrected chi connectivity index (χ2v) is 4.92. The van der Waals surface area contributed by atoms with Gasteiger partial charge in [-0.2, -0.15) is 0 Å². The third-order valence-electron chi connectivity index (χ3n) is 2.78. The Labute approximate surface area is 137 Å². The van der Waals surface area contributed by atoms with Gasteiger partial charge in [-0.05, 0) is 38.1 Å². The maximum absolute atomic E-state index is 11.9. The van der Waals surface area contributed by atoms with Crippen LogP contribution in [0.25, 0.3) is 0 Å². The second kappa shape index (κ2) is 7.64. The Bertz CT molecular complexity index is 696. The zero-order valence-corrected chi connectivity index (χ0v) is 13.3. The van der Waals surface area contributed by atoms with E-state index >= 15 is 0 Å². The summed E-state index contributed by atoms with van der Waals surface area (Å²) in [5.41, 5.74) is 0.420. The number of aromatic nitrogens is 1. The molecule has 0 unspecified atom stereocenters. The number of nitrogens with zero attached hydrogens (tertiary/aromatic N) is 1. The van der Waals surface area contributed by atoms with E-state index in [0.29, 0.717) is 16.5 Å². The van der Waals surface area contributed by atoms with Crippen LogP contribution in [0.5, 0.6) is 5.75 Å². The van der Waals surface area contributed by atoms with E-state index in [-0.39, 0.29) is 24.7 Å². The van der Waals surface area contributed by atoms with Crippen LogP contribution in [0.1, 0.15) is 23.0 Å². The Hall–Kier alpha value is -2.54. The van der Waals surface area contributed by atoms with Crippen LogP contribution >= 0.6 is 11.6 Å². The van der Waals surface area contributed by atoms with Crippen molar-refractivity contribution in [3.05, 3.63) is 40.5 Å². The number of amides is 1. The van der Waals surface area contributed by atoms with Crippen molar-refractivity contribution in [2.45, 2.75) is 13.8 Å². The highest BCUT2D eigenvalue weighted by molar-refractivity contribution is 6.30. The third-order valence-corrected chi connectivity index (χ3v) is 3.03. The Morgan fingerprint density at radius 2 is 2.00 bits per heavy atom. The standard InChI is InChI=1S/C15H15ClN2O5/c1-3-21-15(20)13-9(2)18-23-14(13)17-12(19)8-22-11-6-4-10(16)5-7-11/h4-7H,3,8H2,1-2H3,(H,17,19). The van der Waals surface area contributed by atoms with Crippen molar-refractivity contribution in [2.24, 2.45) is 0 Å². The monoisotopic (exact) mass is 338 g/mol. The lowest BCUT2D eigenvalue weighted by atomic mass is 10.2. The molecule has 23 heavy (non-hydrogen) atoms. The average Bonchev–Trinajstić information content (AvgIpc) is 2.87. The summed E-state index contributed by atoms with van der Waals surface area (Å²) < 4.78 is 15.1. The maximum atomic E-state index is 11.9. The number of nitrogens with one attached hydrogen (secondary N) is 1. The van der Waals surface area contributed by atoms with Gasteiger partial charge in [0.05, 0.1) is 12.3 Å². The number of aryl methyl sites for hydroxylation is 1. The summed E-state index contributed by atoms with van der Waals surface area (Å²) in [5.74, 6) is -0.684. The molecule has 1 heterocycles.